The second kappa shape index (κ2) is 8.68. The highest BCUT2D eigenvalue weighted by Gasteiger charge is 2.36. The first-order valence-electron chi connectivity index (χ1n) is 7.32. The van der Waals surface area contributed by atoms with Gasteiger partial charge in [-0.15, -0.1) is 6.58 Å². The molecule has 1 aliphatic heterocycles. The van der Waals surface area contributed by atoms with Gasteiger partial charge < -0.3 is 18.9 Å². The summed E-state index contributed by atoms with van der Waals surface area (Å²) in [6.45, 7) is 4.32. The number of methoxy groups -OCH3 is 1. The second-order valence-electron chi connectivity index (χ2n) is 5.10. The van der Waals surface area contributed by atoms with Gasteiger partial charge in [-0.05, 0) is 12.0 Å². The van der Waals surface area contributed by atoms with Crippen molar-refractivity contribution in [2.75, 3.05) is 13.9 Å². The molecule has 0 amide bonds. The van der Waals surface area contributed by atoms with Gasteiger partial charge in [0.15, 0.2) is 0 Å². The summed E-state index contributed by atoms with van der Waals surface area (Å²) in [5.41, 5.74) is 1.05. The second-order valence-corrected chi connectivity index (χ2v) is 5.10. The van der Waals surface area contributed by atoms with Crippen molar-refractivity contribution in [2.24, 2.45) is 0 Å². The van der Waals surface area contributed by atoms with Crippen LogP contribution < -0.4 is 0 Å². The van der Waals surface area contributed by atoms with Gasteiger partial charge in [0, 0.05) is 13.5 Å². The molecular formula is C17H22O5. The van der Waals surface area contributed by atoms with Crippen LogP contribution in [0.25, 0.3) is 0 Å². The Labute approximate surface area is 130 Å². The fraction of sp³-hybridized carbons (Fsp3) is 0.471. The molecular weight excluding hydrogens is 284 g/mol. The highest BCUT2D eigenvalue weighted by atomic mass is 16.7. The summed E-state index contributed by atoms with van der Waals surface area (Å²) in [5.74, 6) is -0.201. The maximum absolute atomic E-state index is 11.4. The molecule has 5 nitrogen and oxygen atoms in total. The van der Waals surface area contributed by atoms with Gasteiger partial charge >= 0.3 is 5.97 Å². The Morgan fingerprint density at radius 3 is 2.73 bits per heavy atom. The van der Waals surface area contributed by atoms with Crippen molar-refractivity contribution in [3.8, 4) is 0 Å². The predicted molar refractivity (Wildman–Crippen MR) is 81.1 cm³/mol. The standard InChI is InChI=1S/C17H22O5/c1-3-14(21-12-19-2)17(15-9-10-16(18)22-15)20-11-13-7-5-4-6-8-13/h3-8,14-15,17H,1,9-12H2,2H3/t14-,15-,17+/m1/s1. The van der Waals surface area contributed by atoms with Gasteiger partial charge in [0.25, 0.3) is 0 Å². The average molecular weight is 306 g/mol. The molecule has 0 aromatic heterocycles. The van der Waals surface area contributed by atoms with Crippen molar-refractivity contribution in [1.82, 2.24) is 0 Å². The van der Waals surface area contributed by atoms with Crippen LogP contribution in [0, 0.1) is 0 Å². The van der Waals surface area contributed by atoms with Crippen LogP contribution in [0.1, 0.15) is 18.4 Å². The van der Waals surface area contributed by atoms with Crippen molar-refractivity contribution in [1.29, 1.82) is 0 Å². The molecule has 2 rings (SSSR count). The number of hydrogen-bond acceptors (Lipinski definition) is 5. The third-order valence-corrected chi connectivity index (χ3v) is 3.50. The SMILES string of the molecule is C=C[C@@H](OCOC)[C@H](OCc1ccccc1)[C@H]1CCC(=O)O1. The molecule has 0 saturated carbocycles. The summed E-state index contributed by atoms with van der Waals surface area (Å²) in [6, 6.07) is 9.83. The maximum atomic E-state index is 11.4. The van der Waals surface area contributed by atoms with Gasteiger partial charge in [0.05, 0.1) is 6.61 Å². The third-order valence-electron chi connectivity index (χ3n) is 3.50. The molecule has 0 N–H and O–H groups in total. The molecule has 0 radical (unpaired) electrons. The largest absolute Gasteiger partial charge is 0.459 e. The lowest BCUT2D eigenvalue weighted by atomic mass is 10.0. The van der Waals surface area contributed by atoms with Crippen molar-refractivity contribution < 1.29 is 23.7 Å². The minimum Gasteiger partial charge on any atom is -0.459 e. The maximum Gasteiger partial charge on any atom is 0.306 e. The molecule has 22 heavy (non-hydrogen) atoms. The molecule has 1 heterocycles. The molecule has 0 bridgehead atoms. The van der Waals surface area contributed by atoms with E-state index in [0.29, 0.717) is 19.4 Å². The molecule has 0 aliphatic carbocycles. The molecule has 1 saturated heterocycles. The van der Waals surface area contributed by atoms with Crippen LogP contribution in [0.15, 0.2) is 43.0 Å². The summed E-state index contributed by atoms with van der Waals surface area (Å²) in [6.07, 6.45) is 1.55. The Hall–Kier alpha value is -1.69. The first kappa shape index (κ1) is 16.7. The molecule has 0 unspecified atom stereocenters. The lowest BCUT2D eigenvalue weighted by molar-refractivity contribution is -0.163. The van der Waals surface area contributed by atoms with E-state index in [2.05, 4.69) is 6.58 Å². The van der Waals surface area contributed by atoms with E-state index in [0.717, 1.165) is 5.56 Å². The number of benzene rings is 1. The normalized spacial score (nSPS) is 20.4. The van der Waals surface area contributed by atoms with Crippen LogP contribution in [0.5, 0.6) is 0 Å². The monoisotopic (exact) mass is 306 g/mol. The van der Waals surface area contributed by atoms with E-state index in [1.54, 1.807) is 13.2 Å². The van der Waals surface area contributed by atoms with E-state index in [1.807, 2.05) is 30.3 Å². The molecule has 1 aromatic carbocycles. The highest BCUT2D eigenvalue weighted by molar-refractivity contribution is 5.71. The van der Waals surface area contributed by atoms with Crippen molar-refractivity contribution >= 4 is 5.97 Å². The Bertz CT molecular complexity index is 473. The smallest absolute Gasteiger partial charge is 0.306 e. The van der Waals surface area contributed by atoms with E-state index < -0.39 is 12.2 Å². The van der Waals surface area contributed by atoms with E-state index in [9.17, 15) is 4.79 Å². The minimum atomic E-state index is -0.403. The molecule has 120 valence electrons. The van der Waals surface area contributed by atoms with Crippen LogP contribution in [-0.2, 0) is 30.3 Å². The summed E-state index contributed by atoms with van der Waals surface area (Å²) >= 11 is 0. The Kier molecular flexibility index (Phi) is 6.58. The fourth-order valence-corrected chi connectivity index (χ4v) is 2.40. The zero-order valence-electron chi connectivity index (χ0n) is 12.8. The highest BCUT2D eigenvalue weighted by Crippen LogP contribution is 2.24. The first-order chi connectivity index (χ1) is 10.7. The number of hydrogen-bond donors (Lipinski definition) is 0. The van der Waals surface area contributed by atoms with Crippen LogP contribution in [-0.4, -0.2) is 38.2 Å². The van der Waals surface area contributed by atoms with Gasteiger partial charge in [-0.2, -0.15) is 0 Å². The van der Waals surface area contributed by atoms with Crippen LogP contribution in [0.4, 0.5) is 0 Å². The Morgan fingerprint density at radius 1 is 1.36 bits per heavy atom. The lowest BCUT2D eigenvalue weighted by Gasteiger charge is -2.28. The number of cyclic esters (lactones) is 1. The molecule has 5 heteroatoms. The average Bonchev–Trinajstić information content (AvgIpc) is 2.97. The van der Waals surface area contributed by atoms with Crippen molar-refractivity contribution in [2.45, 2.75) is 37.8 Å². The Morgan fingerprint density at radius 2 is 2.14 bits per heavy atom. The molecule has 3 atom stereocenters. The van der Waals surface area contributed by atoms with Gasteiger partial charge in [-0.25, -0.2) is 0 Å². The molecule has 1 fully saturated rings. The summed E-state index contributed by atoms with van der Waals surface area (Å²) < 4.78 is 21.8. The van der Waals surface area contributed by atoms with E-state index in [4.69, 9.17) is 18.9 Å². The van der Waals surface area contributed by atoms with Crippen LogP contribution in [0.3, 0.4) is 0 Å². The predicted octanol–water partition coefficient (Wildman–Crippen LogP) is 2.45. The van der Waals surface area contributed by atoms with Crippen LogP contribution >= 0.6 is 0 Å². The fourth-order valence-electron chi connectivity index (χ4n) is 2.40. The quantitative estimate of drug-likeness (QED) is 0.398. The van der Waals surface area contributed by atoms with Crippen molar-refractivity contribution in [3.63, 3.8) is 0 Å². The minimum absolute atomic E-state index is 0.128. The first-order valence-corrected chi connectivity index (χ1v) is 7.32. The zero-order chi connectivity index (χ0) is 15.8. The summed E-state index contributed by atoms with van der Waals surface area (Å²) in [7, 11) is 1.55. The number of rotatable bonds is 9. The molecule has 1 aliphatic rings. The lowest BCUT2D eigenvalue weighted by Crippen LogP contribution is -2.40. The van der Waals surface area contributed by atoms with Gasteiger partial charge in [-0.3, -0.25) is 4.79 Å². The van der Waals surface area contributed by atoms with E-state index in [-0.39, 0.29) is 18.9 Å². The van der Waals surface area contributed by atoms with E-state index in [1.165, 1.54) is 0 Å². The molecule has 1 aromatic rings. The number of carbonyl (C=O) groups is 1. The topological polar surface area (TPSA) is 54.0 Å². The zero-order valence-corrected chi connectivity index (χ0v) is 12.8. The van der Waals surface area contributed by atoms with E-state index >= 15 is 0 Å². The van der Waals surface area contributed by atoms with Gasteiger partial charge in [-0.1, -0.05) is 36.4 Å². The number of esters is 1. The summed E-state index contributed by atoms with van der Waals surface area (Å²) in [5, 5.41) is 0. The number of ether oxygens (including phenoxy) is 4. The molecule has 0 spiro atoms. The Balaban J connectivity index is 2.03. The van der Waals surface area contributed by atoms with Crippen molar-refractivity contribution in [3.05, 3.63) is 48.6 Å². The summed E-state index contributed by atoms with van der Waals surface area (Å²) in [4.78, 5) is 11.4. The number of carbonyl (C=O) groups excluding carboxylic acids is 1. The van der Waals surface area contributed by atoms with Crippen LogP contribution in [0.2, 0.25) is 0 Å². The van der Waals surface area contributed by atoms with Gasteiger partial charge in [0.2, 0.25) is 0 Å². The van der Waals surface area contributed by atoms with Gasteiger partial charge in [0.1, 0.15) is 25.1 Å². The third kappa shape index (κ3) is 4.66.